The van der Waals surface area contributed by atoms with Gasteiger partial charge in [-0.3, -0.25) is 9.59 Å². The van der Waals surface area contributed by atoms with Crippen molar-refractivity contribution in [3.05, 3.63) is 59.7 Å². The monoisotopic (exact) mass is 408 g/mol. The molecule has 1 N–H and O–H groups in total. The van der Waals surface area contributed by atoms with Crippen molar-refractivity contribution in [3.8, 4) is 11.5 Å². The summed E-state index contributed by atoms with van der Waals surface area (Å²) in [6.45, 7) is 4.23. The maximum Gasteiger partial charge on any atom is 0.253 e. The van der Waals surface area contributed by atoms with Crippen LogP contribution in [0.3, 0.4) is 0 Å². The summed E-state index contributed by atoms with van der Waals surface area (Å²) < 4.78 is 11.2. The zero-order valence-electron chi connectivity index (χ0n) is 17.3. The number of piperidine rings is 1. The summed E-state index contributed by atoms with van der Waals surface area (Å²) in [5.41, 5.74) is 1.75. The minimum absolute atomic E-state index is 0.0279. The fourth-order valence-corrected chi connectivity index (χ4v) is 4.09. The molecular weight excluding hydrogens is 380 g/mol. The summed E-state index contributed by atoms with van der Waals surface area (Å²) >= 11 is 0. The molecule has 30 heavy (non-hydrogen) atoms. The van der Waals surface area contributed by atoms with Gasteiger partial charge in [0.15, 0.2) is 0 Å². The van der Waals surface area contributed by atoms with Gasteiger partial charge in [0.2, 0.25) is 5.91 Å². The Morgan fingerprint density at radius 3 is 2.57 bits per heavy atom. The van der Waals surface area contributed by atoms with Crippen molar-refractivity contribution >= 4 is 11.8 Å². The molecule has 158 valence electrons. The average molecular weight is 408 g/mol. The highest BCUT2D eigenvalue weighted by atomic mass is 16.5. The smallest absolute Gasteiger partial charge is 0.253 e. The number of hydrogen-bond donors (Lipinski definition) is 1. The fourth-order valence-electron chi connectivity index (χ4n) is 4.09. The van der Waals surface area contributed by atoms with Crippen LogP contribution in [0.4, 0.5) is 0 Å². The number of amides is 2. The zero-order valence-corrected chi connectivity index (χ0v) is 17.3. The number of carbonyl (C=O) groups is 2. The van der Waals surface area contributed by atoms with E-state index in [4.69, 9.17) is 9.47 Å². The second kappa shape index (κ2) is 9.20. The minimum atomic E-state index is -0.164. The Morgan fingerprint density at radius 2 is 1.83 bits per heavy atom. The lowest BCUT2D eigenvalue weighted by atomic mass is 9.95. The molecule has 2 aromatic carbocycles. The second-order valence-electron chi connectivity index (χ2n) is 7.85. The van der Waals surface area contributed by atoms with Crippen LogP contribution in [0, 0.1) is 5.92 Å². The van der Waals surface area contributed by atoms with Crippen LogP contribution in [0.25, 0.3) is 0 Å². The summed E-state index contributed by atoms with van der Waals surface area (Å²) in [7, 11) is 0. The number of nitrogens with zero attached hydrogens (tertiary/aromatic N) is 1. The van der Waals surface area contributed by atoms with Gasteiger partial charge in [0.25, 0.3) is 5.91 Å². The Hall–Kier alpha value is -3.02. The van der Waals surface area contributed by atoms with Crippen LogP contribution in [-0.2, 0) is 11.2 Å². The van der Waals surface area contributed by atoms with Crippen LogP contribution in [-0.4, -0.2) is 49.1 Å². The lowest BCUT2D eigenvalue weighted by Gasteiger charge is -2.33. The topological polar surface area (TPSA) is 67.9 Å². The van der Waals surface area contributed by atoms with E-state index in [2.05, 4.69) is 5.32 Å². The van der Waals surface area contributed by atoms with Gasteiger partial charge in [0.1, 0.15) is 18.1 Å². The molecule has 2 aliphatic heterocycles. The molecule has 1 unspecified atom stereocenters. The van der Waals surface area contributed by atoms with Gasteiger partial charge in [-0.2, -0.15) is 0 Å². The molecule has 0 radical (unpaired) electrons. The third-order valence-electron chi connectivity index (χ3n) is 5.79. The third-order valence-corrected chi connectivity index (χ3v) is 5.79. The van der Waals surface area contributed by atoms with E-state index in [1.807, 2.05) is 60.4 Å². The summed E-state index contributed by atoms with van der Waals surface area (Å²) in [6, 6.07) is 15.2. The Labute approximate surface area is 177 Å². The number of fused-ring (bicyclic) bond motifs is 1. The number of carbonyl (C=O) groups excluding carboxylic acids is 2. The molecule has 0 saturated carbocycles. The summed E-state index contributed by atoms with van der Waals surface area (Å²) in [6.07, 6.45) is 2.23. The number of hydrogen-bond acceptors (Lipinski definition) is 4. The average Bonchev–Trinajstić information content (AvgIpc) is 2.79. The van der Waals surface area contributed by atoms with Crippen LogP contribution in [0.2, 0.25) is 0 Å². The SMILES string of the molecule is CCOc1ccc(C(=O)N2CCC(NC(=O)C3COc4ccccc4C3)CC2)cc1. The molecule has 4 rings (SSSR count). The van der Waals surface area contributed by atoms with Crippen LogP contribution < -0.4 is 14.8 Å². The fraction of sp³-hybridized carbons (Fsp3) is 0.417. The number of para-hydroxylation sites is 1. The molecule has 0 spiro atoms. The Kier molecular flexibility index (Phi) is 6.21. The maximum atomic E-state index is 12.7. The first kappa shape index (κ1) is 20.3. The van der Waals surface area contributed by atoms with Gasteiger partial charge in [-0.25, -0.2) is 0 Å². The van der Waals surface area contributed by atoms with E-state index in [0.29, 0.717) is 38.3 Å². The van der Waals surface area contributed by atoms with Crippen LogP contribution in [0.1, 0.15) is 35.7 Å². The Morgan fingerprint density at radius 1 is 1.10 bits per heavy atom. The molecule has 2 amide bonds. The molecule has 6 heteroatoms. The van der Waals surface area contributed by atoms with Gasteiger partial charge in [0, 0.05) is 24.7 Å². The predicted octanol–water partition coefficient (Wildman–Crippen LogP) is 3.06. The predicted molar refractivity (Wildman–Crippen MR) is 114 cm³/mol. The maximum absolute atomic E-state index is 12.7. The molecule has 6 nitrogen and oxygen atoms in total. The Bertz CT molecular complexity index is 888. The normalized spacial score (nSPS) is 18.8. The van der Waals surface area contributed by atoms with Gasteiger partial charge in [-0.05, 0) is 62.1 Å². The van der Waals surface area contributed by atoms with Crippen molar-refractivity contribution in [1.29, 1.82) is 0 Å². The molecule has 2 heterocycles. The first-order valence-electron chi connectivity index (χ1n) is 10.7. The number of nitrogens with one attached hydrogen (secondary N) is 1. The van der Waals surface area contributed by atoms with E-state index in [9.17, 15) is 9.59 Å². The van der Waals surface area contributed by atoms with Crippen molar-refractivity contribution in [3.63, 3.8) is 0 Å². The van der Waals surface area contributed by atoms with E-state index in [1.165, 1.54) is 0 Å². The van der Waals surface area contributed by atoms with Gasteiger partial charge < -0.3 is 19.7 Å². The third kappa shape index (κ3) is 4.58. The number of ether oxygens (including phenoxy) is 2. The van der Waals surface area contributed by atoms with Crippen molar-refractivity contribution in [1.82, 2.24) is 10.2 Å². The standard InChI is InChI=1S/C24H28N2O4/c1-2-29-21-9-7-17(8-10-21)24(28)26-13-11-20(12-14-26)25-23(27)19-15-18-5-3-4-6-22(18)30-16-19/h3-10,19-20H,2,11-16H2,1H3,(H,25,27). The highest BCUT2D eigenvalue weighted by molar-refractivity contribution is 5.94. The highest BCUT2D eigenvalue weighted by Gasteiger charge is 2.29. The quantitative estimate of drug-likeness (QED) is 0.826. The molecule has 1 fully saturated rings. The van der Waals surface area contributed by atoms with Crippen molar-refractivity contribution in [2.75, 3.05) is 26.3 Å². The van der Waals surface area contributed by atoms with E-state index >= 15 is 0 Å². The minimum Gasteiger partial charge on any atom is -0.494 e. The summed E-state index contributed by atoms with van der Waals surface area (Å²) in [4.78, 5) is 27.3. The van der Waals surface area contributed by atoms with Gasteiger partial charge >= 0.3 is 0 Å². The van der Waals surface area contributed by atoms with Crippen molar-refractivity contribution in [2.45, 2.75) is 32.2 Å². The lowest BCUT2D eigenvalue weighted by Crippen LogP contribution is -2.49. The molecule has 0 aliphatic carbocycles. The molecule has 0 aromatic heterocycles. The first-order chi connectivity index (χ1) is 14.6. The van der Waals surface area contributed by atoms with Crippen molar-refractivity contribution in [2.24, 2.45) is 5.92 Å². The van der Waals surface area contributed by atoms with E-state index < -0.39 is 0 Å². The van der Waals surface area contributed by atoms with Gasteiger partial charge in [-0.15, -0.1) is 0 Å². The number of likely N-dealkylation sites (tertiary alicyclic amines) is 1. The van der Waals surface area contributed by atoms with Crippen molar-refractivity contribution < 1.29 is 19.1 Å². The highest BCUT2D eigenvalue weighted by Crippen LogP contribution is 2.27. The zero-order chi connectivity index (χ0) is 20.9. The molecular formula is C24H28N2O4. The van der Waals surface area contributed by atoms with Crippen LogP contribution in [0.5, 0.6) is 11.5 Å². The van der Waals surface area contributed by atoms with E-state index in [1.54, 1.807) is 0 Å². The van der Waals surface area contributed by atoms with E-state index in [-0.39, 0.29) is 23.8 Å². The Balaban J connectivity index is 1.26. The van der Waals surface area contributed by atoms with Gasteiger partial charge in [-0.1, -0.05) is 18.2 Å². The molecule has 1 saturated heterocycles. The molecule has 2 aromatic rings. The second-order valence-corrected chi connectivity index (χ2v) is 7.85. The summed E-state index contributed by atoms with van der Waals surface area (Å²) in [5, 5.41) is 3.17. The largest absolute Gasteiger partial charge is 0.494 e. The number of rotatable bonds is 5. The summed E-state index contributed by atoms with van der Waals surface area (Å²) in [5.74, 6) is 1.55. The van der Waals surface area contributed by atoms with Crippen LogP contribution in [0.15, 0.2) is 48.5 Å². The van der Waals surface area contributed by atoms with Gasteiger partial charge in [0.05, 0.1) is 12.5 Å². The molecule has 0 bridgehead atoms. The van der Waals surface area contributed by atoms with E-state index in [0.717, 1.165) is 29.9 Å². The van der Waals surface area contributed by atoms with Crippen LogP contribution >= 0.6 is 0 Å². The first-order valence-corrected chi connectivity index (χ1v) is 10.7. The molecule has 2 aliphatic rings. The lowest BCUT2D eigenvalue weighted by molar-refractivity contribution is -0.127. The number of benzene rings is 2. The molecule has 1 atom stereocenters.